The Morgan fingerprint density at radius 1 is 1.09 bits per heavy atom. The van der Waals surface area contributed by atoms with E-state index < -0.39 is 35.4 Å². The first kappa shape index (κ1) is 34.5. The number of hydrogen-bond donors (Lipinski definition) is 4. The van der Waals surface area contributed by atoms with Gasteiger partial charge in [-0.25, -0.2) is 4.98 Å². The number of benzene rings is 1. The molecule has 1 saturated heterocycles. The van der Waals surface area contributed by atoms with Gasteiger partial charge in [0.2, 0.25) is 17.7 Å². The fraction of sp³-hybridized carbons (Fsp3) is 0.600. The third-order valence-electron chi connectivity index (χ3n) is 6.95. The van der Waals surface area contributed by atoms with Gasteiger partial charge >= 0.3 is 0 Å². The maximum atomic E-state index is 13.7. The molecule has 1 aromatic heterocycles. The summed E-state index contributed by atoms with van der Waals surface area (Å²) in [6, 6.07) is 6.08. The van der Waals surface area contributed by atoms with Gasteiger partial charge in [0, 0.05) is 26.1 Å². The van der Waals surface area contributed by atoms with E-state index in [1.54, 1.807) is 11.3 Å². The molecule has 3 atom stereocenters. The predicted octanol–water partition coefficient (Wildman–Crippen LogP) is 1.24. The molecule has 2 aromatic rings. The fourth-order valence-electron chi connectivity index (χ4n) is 4.67. The average Bonchev–Trinajstić information content (AvgIpc) is 3.58. The lowest BCUT2D eigenvalue weighted by molar-refractivity contribution is -0.144. The Kier molecular flexibility index (Phi) is 13.5. The molecular weight excluding hydrogens is 574 g/mol. The van der Waals surface area contributed by atoms with Gasteiger partial charge in [0.05, 0.1) is 55.2 Å². The van der Waals surface area contributed by atoms with Crippen LogP contribution in [0.4, 0.5) is 0 Å². The van der Waals surface area contributed by atoms with Crippen LogP contribution in [0.5, 0.6) is 0 Å². The number of carbonyl (C=O) groups excluding carboxylic acids is 3. The largest absolute Gasteiger partial charge is 0.391 e. The first-order chi connectivity index (χ1) is 20.5. The van der Waals surface area contributed by atoms with Gasteiger partial charge in [0.25, 0.3) is 0 Å². The zero-order valence-electron chi connectivity index (χ0n) is 25.5. The molecule has 0 spiro atoms. The second-order valence-electron chi connectivity index (χ2n) is 11.5. The third kappa shape index (κ3) is 10.6. The number of amides is 3. The van der Waals surface area contributed by atoms with Crippen LogP contribution in [0.25, 0.3) is 10.4 Å². The Bertz CT molecular complexity index is 1180. The van der Waals surface area contributed by atoms with E-state index in [4.69, 9.17) is 19.9 Å². The van der Waals surface area contributed by atoms with Crippen molar-refractivity contribution in [2.24, 2.45) is 11.1 Å². The van der Waals surface area contributed by atoms with Crippen LogP contribution in [0.2, 0.25) is 0 Å². The number of ether oxygens (including phenoxy) is 3. The van der Waals surface area contributed by atoms with Crippen molar-refractivity contribution >= 4 is 29.1 Å². The number of carbonyl (C=O) groups is 3. The maximum absolute atomic E-state index is 13.7. The van der Waals surface area contributed by atoms with Gasteiger partial charge in [-0.1, -0.05) is 45.0 Å². The molecule has 1 unspecified atom stereocenters. The van der Waals surface area contributed by atoms with E-state index in [0.29, 0.717) is 33.0 Å². The molecule has 1 aromatic carbocycles. The predicted molar refractivity (Wildman–Crippen MR) is 163 cm³/mol. The third-order valence-corrected chi connectivity index (χ3v) is 7.93. The average molecular weight is 620 g/mol. The Morgan fingerprint density at radius 3 is 2.35 bits per heavy atom. The number of aliphatic hydroxyl groups is 1. The van der Waals surface area contributed by atoms with Crippen molar-refractivity contribution in [1.82, 2.24) is 20.5 Å². The lowest BCUT2D eigenvalue weighted by atomic mass is 9.85. The van der Waals surface area contributed by atoms with Gasteiger partial charge < -0.3 is 40.6 Å². The molecule has 0 saturated carbocycles. The summed E-state index contributed by atoms with van der Waals surface area (Å²) in [4.78, 5) is 46.4. The second-order valence-corrected chi connectivity index (χ2v) is 12.4. The fourth-order valence-corrected chi connectivity index (χ4v) is 5.48. The Hall–Kier alpha value is -2.94. The van der Waals surface area contributed by atoms with Crippen molar-refractivity contribution in [2.75, 3.05) is 52.7 Å². The normalized spacial score (nSPS) is 17.6. The molecule has 1 aliphatic heterocycles. The van der Waals surface area contributed by atoms with E-state index in [1.807, 2.05) is 57.5 Å². The van der Waals surface area contributed by atoms with Gasteiger partial charge in [-0.3, -0.25) is 14.4 Å². The summed E-state index contributed by atoms with van der Waals surface area (Å²) in [5, 5.41) is 16.1. The minimum Gasteiger partial charge on any atom is -0.391 e. The molecule has 1 aliphatic rings. The SMILES string of the molecule is Cc1ncsc1-c1ccc(CNC(=O)[C@H]2C[C@@H](O)CN2C(=O)C(NC(=O)COCCOCCOCCN)C(C)(C)C)cc1. The number of aryl methyl sites for hydroxylation is 1. The van der Waals surface area contributed by atoms with Gasteiger partial charge in [-0.15, -0.1) is 11.3 Å². The molecule has 5 N–H and O–H groups in total. The molecule has 2 heterocycles. The van der Waals surface area contributed by atoms with Crippen molar-refractivity contribution < 1.29 is 33.7 Å². The molecule has 12 nitrogen and oxygen atoms in total. The van der Waals surface area contributed by atoms with E-state index in [2.05, 4.69) is 15.6 Å². The number of nitrogens with two attached hydrogens (primary N) is 1. The number of rotatable bonds is 16. The maximum Gasteiger partial charge on any atom is 0.246 e. The molecule has 238 valence electrons. The van der Waals surface area contributed by atoms with Crippen molar-refractivity contribution in [1.29, 1.82) is 0 Å². The van der Waals surface area contributed by atoms with E-state index in [0.717, 1.165) is 21.7 Å². The van der Waals surface area contributed by atoms with Crippen LogP contribution in [-0.4, -0.2) is 104 Å². The standard InChI is InChI=1S/C30H45N5O7S/c1-20-26(43-19-33-20)22-7-5-21(6-8-22)16-32-28(38)24-15-23(36)17-35(24)29(39)27(30(2,3)4)34-25(37)18-42-14-13-41-12-11-40-10-9-31/h5-8,19,23-24,27,36H,9-18,31H2,1-4H3,(H,32,38)(H,34,37)/t23-,24-,27?/m1/s1. The van der Waals surface area contributed by atoms with E-state index in [1.165, 1.54) is 4.90 Å². The van der Waals surface area contributed by atoms with Crippen LogP contribution in [0.1, 0.15) is 38.4 Å². The van der Waals surface area contributed by atoms with E-state index in [-0.39, 0.29) is 38.6 Å². The number of β-amino-alcohol motifs (C(OH)–C–C–N with tert-alkyl or cyclic N) is 1. The summed E-state index contributed by atoms with van der Waals surface area (Å²) in [6.07, 6.45) is -0.728. The van der Waals surface area contributed by atoms with Crippen molar-refractivity contribution in [3.63, 3.8) is 0 Å². The Labute approximate surface area is 257 Å². The second kappa shape index (κ2) is 16.8. The number of nitrogens with zero attached hydrogens (tertiary/aromatic N) is 2. The molecule has 3 rings (SSSR count). The molecule has 3 amide bonds. The van der Waals surface area contributed by atoms with Crippen LogP contribution in [0.15, 0.2) is 29.8 Å². The minimum absolute atomic E-state index is 0.00506. The molecule has 1 fully saturated rings. The summed E-state index contributed by atoms with van der Waals surface area (Å²) in [5.74, 6) is -1.25. The topological polar surface area (TPSA) is 165 Å². The van der Waals surface area contributed by atoms with Gasteiger partial charge in [-0.2, -0.15) is 0 Å². The number of aliphatic hydroxyl groups excluding tert-OH is 1. The van der Waals surface area contributed by atoms with Crippen LogP contribution < -0.4 is 16.4 Å². The summed E-state index contributed by atoms with van der Waals surface area (Å²) in [6.45, 7) is 9.72. The zero-order chi connectivity index (χ0) is 31.4. The first-order valence-corrected chi connectivity index (χ1v) is 15.4. The number of hydrogen-bond acceptors (Lipinski definition) is 10. The lowest BCUT2D eigenvalue weighted by Crippen LogP contribution is -2.58. The highest BCUT2D eigenvalue weighted by Crippen LogP contribution is 2.28. The molecule has 43 heavy (non-hydrogen) atoms. The highest BCUT2D eigenvalue weighted by atomic mass is 32.1. The molecular formula is C30H45N5O7S. The highest BCUT2D eigenvalue weighted by Gasteiger charge is 2.44. The van der Waals surface area contributed by atoms with Crippen molar-refractivity contribution in [3.05, 3.63) is 41.0 Å². The molecule has 13 heteroatoms. The number of likely N-dealkylation sites (tertiary alicyclic amines) is 1. The Morgan fingerprint density at radius 2 is 1.74 bits per heavy atom. The molecule has 0 bridgehead atoms. The van der Waals surface area contributed by atoms with Gasteiger partial charge in [0.1, 0.15) is 18.7 Å². The van der Waals surface area contributed by atoms with Gasteiger partial charge in [-0.05, 0) is 23.5 Å². The van der Waals surface area contributed by atoms with Gasteiger partial charge in [0.15, 0.2) is 0 Å². The minimum atomic E-state index is -0.928. The van der Waals surface area contributed by atoms with E-state index in [9.17, 15) is 19.5 Å². The monoisotopic (exact) mass is 619 g/mol. The molecule has 0 aliphatic carbocycles. The summed E-state index contributed by atoms with van der Waals surface area (Å²) >= 11 is 1.58. The summed E-state index contributed by atoms with van der Waals surface area (Å²) < 4.78 is 16.0. The number of aromatic nitrogens is 1. The van der Waals surface area contributed by atoms with Crippen LogP contribution in [0, 0.1) is 12.3 Å². The van der Waals surface area contributed by atoms with Crippen molar-refractivity contribution in [2.45, 2.75) is 58.8 Å². The quantitative estimate of drug-likeness (QED) is 0.202. The van der Waals surface area contributed by atoms with Crippen LogP contribution in [-0.2, 0) is 35.1 Å². The Balaban J connectivity index is 1.52. The summed E-state index contributed by atoms with van der Waals surface area (Å²) in [5.41, 5.74) is 9.44. The highest BCUT2D eigenvalue weighted by molar-refractivity contribution is 7.13. The number of thiazole rings is 1. The molecule has 0 radical (unpaired) electrons. The number of nitrogens with one attached hydrogen (secondary N) is 2. The zero-order valence-corrected chi connectivity index (χ0v) is 26.3. The smallest absolute Gasteiger partial charge is 0.246 e. The lowest BCUT2D eigenvalue weighted by Gasteiger charge is -2.35. The van der Waals surface area contributed by atoms with E-state index >= 15 is 0 Å². The summed E-state index contributed by atoms with van der Waals surface area (Å²) in [7, 11) is 0. The van der Waals surface area contributed by atoms with Crippen molar-refractivity contribution in [3.8, 4) is 10.4 Å². The van der Waals surface area contributed by atoms with Crippen LogP contribution in [0.3, 0.4) is 0 Å². The first-order valence-electron chi connectivity index (χ1n) is 14.5. The van der Waals surface area contributed by atoms with Crippen LogP contribution >= 0.6 is 11.3 Å².